The molecule has 1 amide bonds. The van der Waals surface area contributed by atoms with Crippen LogP contribution in [0.4, 0.5) is 5.69 Å². The van der Waals surface area contributed by atoms with Crippen molar-refractivity contribution < 1.29 is 14.7 Å². The van der Waals surface area contributed by atoms with Crippen LogP contribution in [0.1, 0.15) is 57.6 Å². The number of hydrogen-bond donors (Lipinski definition) is 2. The van der Waals surface area contributed by atoms with Crippen LogP contribution in [0.3, 0.4) is 0 Å². The molecule has 0 saturated carbocycles. The Balaban J connectivity index is 2.23. The van der Waals surface area contributed by atoms with E-state index in [4.69, 9.17) is 5.11 Å². The van der Waals surface area contributed by atoms with Crippen molar-refractivity contribution in [1.29, 1.82) is 0 Å². The second-order valence-corrected chi connectivity index (χ2v) is 5.17. The van der Waals surface area contributed by atoms with E-state index in [9.17, 15) is 9.59 Å². The van der Waals surface area contributed by atoms with Crippen molar-refractivity contribution in [3.8, 4) is 0 Å². The van der Waals surface area contributed by atoms with Crippen molar-refractivity contribution in [3.05, 3.63) is 24.0 Å². The van der Waals surface area contributed by atoms with E-state index in [1.165, 1.54) is 31.9 Å². The number of carbonyl (C=O) groups is 2. The Labute approximate surface area is 125 Å². The smallest absolute Gasteiger partial charge is 0.309 e. The SMILES string of the molecule is CCCCCCCCC(=O)Nc1ccc(CC(=O)O)nc1. The maximum absolute atomic E-state index is 11.7. The summed E-state index contributed by atoms with van der Waals surface area (Å²) >= 11 is 0. The zero-order valence-electron chi connectivity index (χ0n) is 12.6. The number of rotatable bonds is 10. The van der Waals surface area contributed by atoms with Crippen molar-refractivity contribution in [2.45, 2.75) is 58.3 Å². The van der Waals surface area contributed by atoms with Gasteiger partial charge in [-0.25, -0.2) is 0 Å². The van der Waals surface area contributed by atoms with Gasteiger partial charge in [-0.05, 0) is 18.6 Å². The summed E-state index contributed by atoms with van der Waals surface area (Å²) in [5.74, 6) is -0.930. The number of anilines is 1. The predicted octanol–water partition coefficient (Wildman–Crippen LogP) is 3.40. The number of carbonyl (C=O) groups excluding carboxylic acids is 1. The average Bonchev–Trinajstić information content (AvgIpc) is 2.44. The fourth-order valence-electron chi connectivity index (χ4n) is 2.05. The normalized spacial score (nSPS) is 10.3. The lowest BCUT2D eigenvalue weighted by molar-refractivity contribution is -0.136. The molecule has 5 heteroatoms. The summed E-state index contributed by atoms with van der Waals surface area (Å²) < 4.78 is 0. The minimum atomic E-state index is -0.914. The summed E-state index contributed by atoms with van der Waals surface area (Å²) in [6, 6.07) is 3.30. The second kappa shape index (κ2) is 9.91. The van der Waals surface area contributed by atoms with Crippen LogP contribution in [0, 0.1) is 0 Å². The number of unbranched alkanes of at least 4 members (excludes halogenated alkanes) is 5. The maximum Gasteiger partial charge on any atom is 0.309 e. The minimum absolute atomic E-state index is 0.0155. The molecule has 1 aromatic heterocycles. The molecular formula is C16H24N2O3. The third-order valence-electron chi connectivity index (χ3n) is 3.20. The Morgan fingerprint density at radius 3 is 2.48 bits per heavy atom. The van der Waals surface area contributed by atoms with E-state index in [-0.39, 0.29) is 12.3 Å². The average molecular weight is 292 g/mol. The van der Waals surface area contributed by atoms with E-state index >= 15 is 0 Å². The van der Waals surface area contributed by atoms with Gasteiger partial charge in [0.2, 0.25) is 5.91 Å². The van der Waals surface area contributed by atoms with Crippen molar-refractivity contribution in [3.63, 3.8) is 0 Å². The maximum atomic E-state index is 11.7. The zero-order valence-corrected chi connectivity index (χ0v) is 12.6. The Bertz CT molecular complexity index is 443. The molecule has 2 N–H and O–H groups in total. The van der Waals surface area contributed by atoms with E-state index in [1.54, 1.807) is 12.1 Å². The van der Waals surface area contributed by atoms with Gasteiger partial charge in [-0.3, -0.25) is 14.6 Å². The number of amides is 1. The van der Waals surface area contributed by atoms with Gasteiger partial charge in [0.05, 0.1) is 24.0 Å². The van der Waals surface area contributed by atoms with Crippen molar-refractivity contribution >= 4 is 17.6 Å². The first-order valence-corrected chi connectivity index (χ1v) is 7.58. The van der Waals surface area contributed by atoms with Gasteiger partial charge < -0.3 is 10.4 Å². The fourth-order valence-corrected chi connectivity index (χ4v) is 2.05. The molecule has 0 spiro atoms. The summed E-state index contributed by atoms with van der Waals surface area (Å²) in [6.45, 7) is 2.18. The Morgan fingerprint density at radius 1 is 1.14 bits per heavy atom. The summed E-state index contributed by atoms with van der Waals surface area (Å²) in [5, 5.41) is 11.4. The highest BCUT2D eigenvalue weighted by Crippen LogP contribution is 2.10. The highest BCUT2D eigenvalue weighted by molar-refractivity contribution is 5.90. The van der Waals surface area contributed by atoms with Gasteiger partial charge in [0.25, 0.3) is 0 Å². The Morgan fingerprint density at radius 2 is 1.86 bits per heavy atom. The van der Waals surface area contributed by atoms with Crippen molar-refractivity contribution in [2.24, 2.45) is 0 Å². The van der Waals surface area contributed by atoms with Crippen LogP contribution in [-0.4, -0.2) is 22.0 Å². The number of aromatic nitrogens is 1. The van der Waals surface area contributed by atoms with Gasteiger partial charge in [0.1, 0.15) is 0 Å². The molecule has 1 heterocycles. The van der Waals surface area contributed by atoms with Crippen molar-refractivity contribution in [2.75, 3.05) is 5.32 Å². The van der Waals surface area contributed by atoms with Gasteiger partial charge in [0, 0.05) is 6.42 Å². The lowest BCUT2D eigenvalue weighted by Gasteiger charge is -2.05. The third-order valence-corrected chi connectivity index (χ3v) is 3.20. The lowest BCUT2D eigenvalue weighted by atomic mass is 10.1. The number of carboxylic acid groups (broad SMARTS) is 1. The zero-order chi connectivity index (χ0) is 15.5. The van der Waals surface area contributed by atoms with Gasteiger partial charge in [-0.2, -0.15) is 0 Å². The van der Waals surface area contributed by atoms with Gasteiger partial charge >= 0.3 is 5.97 Å². The quantitative estimate of drug-likeness (QED) is 0.648. The van der Waals surface area contributed by atoms with Crippen LogP contribution in [0.25, 0.3) is 0 Å². The van der Waals surface area contributed by atoms with E-state index in [2.05, 4.69) is 17.2 Å². The second-order valence-electron chi connectivity index (χ2n) is 5.17. The van der Waals surface area contributed by atoms with E-state index in [0.717, 1.165) is 12.8 Å². The van der Waals surface area contributed by atoms with Crippen LogP contribution in [-0.2, 0) is 16.0 Å². The lowest BCUT2D eigenvalue weighted by Crippen LogP contribution is -2.11. The van der Waals surface area contributed by atoms with E-state index in [1.807, 2.05) is 0 Å². The number of hydrogen-bond acceptors (Lipinski definition) is 3. The van der Waals surface area contributed by atoms with Crippen LogP contribution >= 0.6 is 0 Å². The molecule has 5 nitrogen and oxygen atoms in total. The highest BCUT2D eigenvalue weighted by Gasteiger charge is 2.05. The largest absolute Gasteiger partial charge is 0.481 e. The number of pyridine rings is 1. The third kappa shape index (κ3) is 8.07. The van der Waals surface area contributed by atoms with Crippen LogP contribution < -0.4 is 5.32 Å². The van der Waals surface area contributed by atoms with Crippen LogP contribution in [0.15, 0.2) is 18.3 Å². The topological polar surface area (TPSA) is 79.3 Å². The molecule has 116 valence electrons. The molecule has 1 aromatic rings. The van der Waals surface area contributed by atoms with Gasteiger partial charge in [-0.1, -0.05) is 39.0 Å². The van der Waals surface area contributed by atoms with E-state index < -0.39 is 5.97 Å². The first-order chi connectivity index (χ1) is 10.1. The molecule has 0 unspecified atom stereocenters. The minimum Gasteiger partial charge on any atom is -0.481 e. The first kappa shape index (κ1) is 17.1. The highest BCUT2D eigenvalue weighted by atomic mass is 16.4. The molecule has 0 aliphatic heterocycles. The summed E-state index contributed by atoms with van der Waals surface area (Å²) in [5.41, 5.74) is 1.09. The molecular weight excluding hydrogens is 268 g/mol. The molecule has 0 bridgehead atoms. The summed E-state index contributed by atoms with van der Waals surface area (Å²) in [6.07, 6.45) is 8.82. The predicted molar refractivity (Wildman–Crippen MR) is 82.2 cm³/mol. The number of nitrogens with zero attached hydrogens (tertiary/aromatic N) is 1. The van der Waals surface area contributed by atoms with Crippen molar-refractivity contribution in [1.82, 2.24) is 4.98 Å². The molecule has 21 heavy (non-hydrogen) atoms. The summed E-state index contributed by atoms with van der Waals surface area (Å²) in [7, 11) is 0. The molecule has 0 atom stereocenters. The number of carboxylic acids is 1. The molecule has 0 radical (unpaired) electrons. The first-order valence-electron chi connectivity index (χ1n) is 7.58. The molecule has 0 aromatic carbocycles. The molecule has 0 fully saturated rings. The van der Waals surface area contributed by atoms with Crippen LogP contribution in [0.5, 0.6) is 0 Å². The summed E-state index contributed by atoms with van der Waals surface area (Å²) in [4.78, 5) is 26.3. The standard InChI is InChI=1S/C16H24N2O3/c1-2-3-4-5-6-7-8-15(19)18-14-10-9-13(17-12-14)11-16(20)21/h9-10,12H,2-8,11H2,1H3,(H,18,19)(H,20,21). The number of aliphatic carboxylic acids is 1. The fraction of sp³-hybridized carbons (Fsp3) is 0.562. The molecule has 0 saturated heterocycles. The Hall–Kier alpha value is -1.91. The van der Waals surface area contributed by atoms with Gasteiger partial charge in [-0.15, -0.1) is 0 Å². The van der Waals surface area contributed by atoms with Crippen LogP contribution in [0.2, 0.25) is 0 Å². The monoisotopic (exact) mass is 292 g/mol. The molecule has 0 aliphatic carbocycles. The molecule has 0 aliphatic rings. The number of nitrogens with one attached hydrogen (secondary N) is 1. The Kier molecular flexibility index (Phi) is 8.09. The van der Waals surface area contributed by atoms with Gasteiger partial charge in [0.15, 0.2) is 0 Å². The van der Waals surface area contributed by atoms with E-state index in [0.29, 0.717) is 17.8 Å². The molecule has 1 rings (SSSR count).